The van der Waals surface area contributed by atoms with Crippen LogP contribution >= 0.6 is 0 Å². The van der Waals surface area contributed by atoms with Crippen molar-refractivity contribution < 1.29 is 9.47 Å². The molecule has 1 N–H and O–H groups in total. The standard InChI is InChI=1S/C28H41N3O2/c1-22(26-12-6-7-13-27(26)33-20-19-32-2)31-18-16-23(21-31)9-4-3-5-11-25-15-14-24-10-8-17-29-28(24)30-25/h6-7,12-15,22-23H,3-5,8-11,16-21H2,1-2H3,(H,29,30)/t22?,23-/m1/s1. The van der Waals surface area contributed by atoms with Gasteiger partial charge in [0.05, 0.1) is 6.61 Å². The summed E-state index contributed by atoms with van der Waals surface area (Å²) in [5, 5.41) is 3.45. The van der Waals surface area contributed by atoms with Gasteiger partial charge in [-0.25, -0.2) is 4.98 Å². The van der Waals surface area contributed by atoms with Crippen LogP contribution in [0.1, 0.15) is 68.3 Å². The molecule has 33 heavy (non-hydrogen) atoms. The molecular formula is C28H41N3O2. The zero-order valence-corrected chi connectivity index (χ0v) is 20.5. The lowest BCUT2D eigenvalue weighted by atomic mass is 9.99. The van der Waals surface area contributed by atoms with Crippen molar-refractivity contribution in [2.24, 2.45) is 5.92 Å². The first-order valence-corrected chi connectivity index (χ1v) is 12.9. The number of unbranched alkanes of at least 4 members (excludes halogenated alkanes) is 2. The predicted molar refractivity (Wildman–Crippen MR) is 135 cm³/mol. The van der Waals surface area contributed by atoms with Crippen molar-refractivity contribution in [1.29, 1.82) is 0 Å². The summed E-state index contributed by atoms with van der Waals surface area (Å²) in [6, 6.07) is 13.4. The lowest BCUT2D eigenvalue weighted by Gasteiger charge is -2.26. The highest BCUT2D eigenvalue weighted by Gasteiger charge is 2.27. The second-order valence-corrected chi connectivity index (χ2v) is 9.64. The minimum absolute atomic E-state index is 0.387. The Morgan fingerprint density at radius 3 is 2.94 bits per heavy atom. The van der Waals surface area contributed by atoms with Gasteiger partial charge in [0.2, 0.25) is 0 Å². The molecule has 2 aliphatic rings. The van der Waals surface area contributed by atoms with Crippen molar-refractivity contribution in [3.05, 3.63) is 53.2 Å². The summed E-state index contributed by atoms with van der Waals surface area (Å²) in [6.07, 6.45) is 10.0. The van der Waals surface area contributed by atoms with Gasteiger partial charge in [-0.2, -0.15) is 0 Å². The Hall–Kier alpha value is -2.11. The number of nitrogens with one attached hydrogen (secondary N) is 1. The third-order valence-corrected chi connectivity index (χ3v) is 7.28. The van der Waals surface area contributed by atoms with Crippen LogP contribution in [0.5, 0.6) is 5.75 Å². The van der Waals surface area contributed by atoms with E-state index in [0.717, 1.165) is 30.5 Å². The van der Waals surface area contributed by atoms with Gasteiger partial charge in [0.25, 0.3) is 0 Å². The van der Waals surface area contributed by atoms with Gasteiger partial charge >= 0.3 is 0 Å². The zero-order chi connectivity index (χ0) is 22.9. The summed E-state index contributed by atoms with van der Waals surface area (Å²) in [4.78, 5) is 7.47. The van der Waals surface area contributed by atoms with Crippen LogP contribution in [-0.4, -0.2) is 49.8 Å². The van der Waals surface area contributed by atoms with Gasteiger partial charge in [-0.15, -0.1) is 0 Å². The highest BCUT2D eigenvalue weighted by Crippen LogP contribution is 2.34. The second-order valence-electron chi connectivity index (χ2n) is 9.64. The molecule has 0 bridgehead atoms. The minimum atomic E-state index is 0.387. The number of para-hydroxylation sites is 1. The maximum absolute atomic E-state index is 5.98. The van der Waals surface area contributed by atoms with Crippen LogP contribution in [0.2, 0.25) is 0 Å². The normalized spacial score (nSPS) is 19.2. The Bertz CT molecular complexity index is 872. The smallest absolute Gasteiger partial charge is 0.129 e. The number of aryl methyl sites for hydroxylation is 2. The second kappa shape index (κ2) is 12.4. The Morgan fingerprint density at radius 1 is 1.12 bits per heavy atom. The molecule has 1 aromatic carbocycles. The number of fused-ring (bicyclic) bond motifs is 1. The van der Waals surface area contributed by atoms with E-state index in [2.05, 4.69) is 53.5 Å². The summed E-state index contributed by atoms with van der Waals surface area (Å²) < 4.78 is 11.1. The topological polar surface area (TPSA) is 46.6 Å². The maximum atomic E-state index is 5.98. The molecule has 3 heterocycles. The number of hydrogen-bond acceptors (Lipinski definition) is 5. The summed E-state index contributed by atoms with van der Waals surface area (Å²) in [5.41, 5.74) is 3.92. The number of likely N-dealkylation sites (tertiary alicyclic amines) is 1. The van der Waals surface area contributed by atoms with E-state index in [1.807, 2.05) is 0 Å². The monoisotopic (exact) mass is 451 g/mol. The summed E-state index contributed by atoms with van der Waals surface area (Å²) in [7, 11) is 1.71. The fourth-order valence-electron chi connectivity index (χ4n) is 5.26. The summed E-state index contributed by atoms with van der Waals surface area (Å²) >= 11 is 0. The first kappa shape index (κ1) is 24.0. The molecule has 0 radical (unpaired) electrons. The number of ether oxygens (including phenoxy) is 2. The van der Waals surface area contributed by atoms with Crippen molar-refractivity contribution in [3.63, 3.8) is 0 Å². The third kappa shape index (κ3) is 6.70. The van der Waals surface area contributed by atoms with E-state index in [-0.39, 0.29) is 0 Å². The van der Waals surface area contributed by atoms with Crippen molar-refractivity contribution in [2.75, 3.05) is 45.3 Å². The van der Waals surface area contributed by atoms with E-state index < -0.39 is 0 Å². The van der Waals surface area contributed by atoms with Crippen LogP contribution in [-0.2, 0) is 17.6 Å². The Kier molecular flexibility index (Phi) is 9.01. The molecule has 1 saturated heterocycles. The SMILES string of the molecule is COCCOc1ccccc1C(C)N1CC[C@@H](CCCCCc2ccc3c(n2)NCCC3)C1. The summed E-state index contributed by atoms with van der Waals surface area (Å²) in [6.45, 7) is 6.98. The third-order valence-electron chi connectivity index (χ3n) is 7.28. The van der Waals surface area contributed by atoms with Crippen molar-refractivity contribution >= 4 is 5.82 Å². The summed E-state index contributed by atoms with van der Waals surface area (Å²) in [5.74, 6) is 2.95. The molecule has 2 aromatic rings. The van der Waals surface area contributed by atoms with E-state index in [1.165, 1.54) is 74.9 Å². The largest absolute Gasteiger partial charge is 0.491 e. The average Bonchev–Trinajstić information content (AvgIpc) is 3.33. The van der Waals surface area contributed by atoms with Gasteiger partial charge in [0.1, 0.15) is 18.2 Å². The number of nitrogens with zero attached hydrogens (tertiary/aromatic N) is 2. The maximum Gasteiger partial charge on any atom is 0.129 e. The molecule has 0 saturated carbocycles. The van der Waals surface area contributed by atoms with E-state index in [9.17, 15) is 0 Å². The van der Waals surface area contributed by atoms with Crippen molar-refractivity contribution in [1.82, 2.24) is 9.88 Å². The molecule has 1 aromatic heterocycles. The van der Waals surface area contributed by atoms with Crippen LogP contribution in [0.3, 0.4) is 0 Å². The molecule has 1 unspecified atom stereocenters. The van der Waals surface area contributed by atoms with Gasteiger partial charge < -0.3 is 14.8 Å². The lowest BCUT2D eigenvalue weighted by Crippen LogP contribution is -2.25. The van der Waals surface area contributed by atoms with Gasteiger partial charge in [-0.3, -0.25) is 4.90 Å². The van der Waals surface area contributed by atoms with E-state index >= 15 is 0 Å². The highest BCUT2D eigenvalue weighted by atomic mass is 16.5. The number of pyridine rings is 1. The van der Waals surface area contributed by atoms with E-state index in [4.69, 9.17) is 14.5 Å². The quantitative estimate of drug-likeness (QED) is 0.423. The molecule has 180 valence electrons. The number of methoxy groups -OCH3 is 1. The van der Waals surface area contributed by atoms with Crippen LogP contribution in [0.4, 0.5) is 5.82 Å². The number of benzene rings is 1. The lowest BCUT2D eigenvalue weighted by molar-refractivity contribution is 0.144. The number of aromatic nitrogens is 1. The molecule has 1 fully saturated rings. The molecule has 5 heteroatoms. The molecular weight excluding hydrogens is 410 g/mol. The number of hydrogen-bond donors (Lipinski definition) is 1. The van der Waals surface area contributed by atoms with Crippen molar-refractivity contribution in [3.8, 4) is 5.75 Å². The van der Waals surface area contributed by atoms with Crippen molar-refractivity contribution in [2.45, 2.75) is 64.3 Å². The Morgan fingerprint density at radius 2 is 2.03 bits per heavy atom. The molecule has 2 atom stereocenters. The predicted octanol–water partition coefficient (Wildman–Crippen LogP) is 5.65. The first-order chi connectivity index (χ1) is 16.2. The first-order valence-electron chi connectivity index (χ1n) is 12.9. The van der Waals surface area contributed by atoms with Crippen LogP contribution < -0.4 is 10.1 Å². The van der Waals surface area contributed by atoms with Gasteiger partial charge in [-0.1, -0.05) is 37.1 Å². The Labute approximate surface area is 199 Å². The highest BCUT2D eigenvalue weighted by molar-refractivity contribution is 5.47. The van der Waals surface area contributed by atoms with Crippen LogP contribution in [0.25, 0.3) is 0 Å². The molecule has 2 aliphatic heterocycles. The van der Waals surface area contributed by atoms with Gasteiger partial charge in [0.15, 0.2) is 0 Å². The van der Waals surface area contributed by atoms with E-state index in [1.54, 1.807) is 7.11 Å². The van der Waals surface area contributed by atoms with Crippen LogP contribution in [0.15, 0.2) is 36.4 Å². The zero-order valence-electron chi connectivity index (χ0n) is 20.5. The number of anilines is 1. The molecule has 0 spiro atoms. The molecule has 0 amide bonds. The fraction of sp³-hybridized carbons (Fsp3) is 0.607. The fourth-order valence-corrected chi connectivity index (χ4v) is 5.26. The van der Waals surface area contributed by atoms with E-state index in [0.29, 0.717) is 19.3 Å². The Balaban J connectivity index is 1.17. The molecule has 0 aliphatic carbocycles. The molecule has 5 nitrogen and oxygen atoms in total. The van der Waals surface area contributed by atoms with Gasteiger partial charge in [0, 0.05) is 37.5 Å². The minimum Gasteiger partial charge on any atom is -0.491 e. The van der Waals surface area contributed by atoms with Crippen LogP contribution in [0, 0.1) is 5.92 Å². The molecule has 4 rings (SSSR count). The number of rotatable bonds is 12. The van der Waals surface area contributed by atoms with Gasteiger partial charge in [-0.05, 0) is 75.6 Å². The average molecular weight is 452 g/mol.